The number of hydrogen-bond acceptors (Lipinski definition) is 3. The summed E-state index contributed by atoms with van der Waals surface area (Å²) in [6, 6.07) is 13.0. The molecule has 6 heteroatoms. The van der Waals surface area contributed by atoms with Gasteiger partial charge in [0.15, 0.2) is 0 Å². The minimum absolute atomic E-state index is 0.324. The number of aryl methyl sites for hydroxylation is 1. The van der Waals surface area contributed by atoms with Crippen LogP contribution in [0.25, 0.3) is 11.0 Å². The van der Waals surface area contributed by atoms with Crippen molar-refractivity contribution in [2.75, 3.05) is 12.4 Å². The van der Waals surface area contributed by atoms with Crippen LogP contribution in [-0.2, 0) is 0 Å². The number of amides is 2. The number of ether oxygens (including phenoxy) is 1. The Labute approximate surface area is 127 Å². The van der Waals surface area contributed by atoms with Crippen LogP contribution in [0.4, 0.5) is 10.7 Å². The van der Waals surface area contributed by atoms with Gasteiger partial charge < -0.3 is 15.0 Å². The predicted octanol–water partition coefficient (Wildman–Crippen LogP) is 3.41. The molecule has 1 aromatic heterocycles. The molecule has 0 spiro atoms. The molecular weight excluding hydrogens is 280 g/mol. The molecule has 3 N–H and O–H groups in total. The van der Waals surface area contributed by atoms with E-state index >= 15 is 0 Å². The summed E-state index contributed by atoms with van der Waals surface area (Å²) >= 11 is 0. The van der Waals surface area contributed by atoms with Gasteiger partial charge in [-0.05, 0) is 36.8 Å². The van der Waals surface area contributed by atoms with Gasteiger partial charge in [0.1, 0.15) is 11.5 Å². The second-order valence-electron chi connectivity index (χ2n) is 4.89. The first-order chi connectivity index (χ1) is 10.6. The average Bonchev–Trinajstić information content (AvgIpc) is 2.88. The summed E-state index contributed by atoms with van der Waals surface area (Å²) in [6.45, 7) is 2.02. The summed E-state index contributed by atoms with van der Waals surface area (Å²) in [4.78, 5) is 18.6. The summed E-state index contributed by atoms with van der Waals surface area (Å²) in [5, 5.41) is 5.07. The Morgan fingerprint density at radius 2 is 2.00 bits per heavy atom. The van der Waals surface area contributed by atoms with Gasteiger partial charge in [-0.15, -0.1) is 0 Å². The molecule has 112 valence electrons. The van der Waals surface area contributed by atoms with Crippen LogP contribution in [0.2, 0.25) is 0 Å². The topological polar surface area (TPSA) is 79.0 Å². The summed E-state index contributed by atoms with van der Waals surface area (Å²) in [5.41, 5.74) is 2.68. The maximum Gasteiger partial charge on any atom is 0.321 e. The molecule has 1 heterocycles. The molecule has 3 aromatic rings. The molecule has 6 nitrogen and oxygen atoms in total. The van der Waals surface area contributed by atoms with Crippen molar-refractivity contribution in [3.63, 3.8) is 0 Å². The van der Waals surface area contributed by atoms with Crippen molar-refractivity contribution in [2.45, 2.75) is 6.92 Å². The van der Waals surface area contributed by atoms with Crippen LogP contribution >= 0.6 is 0 Å². The number of carbonyl (C=O) groups is 1. The molecule has 2 amide bonds. The van der Waals surface area contributed by atoms with Gasteiger partial charge in [0, 0.05) is 13.1 Å². The van der Waals surface area contributed by atoms with Crippen LogP contribution in [-0.4, -0.2) is 23.0 Å². The lowest BCUT2D eigenvalue weighted by Crippen LogP contribution is -2.24. The Kier molecular flexibility index (Phi) is 3.65. The minimum atomic E-state index is -0.324. The third-order valence-corrected chi connectivity index (χ3v) is 3.14. The van der Waals surface area contributed by atoms with Crippen LogP contribution < -0.4 is 15.4 Å². The molecule has 2 aromatic carbocycles. The Morgan fingerprint density at radius 1 is 1.18 bits per heavy atom. The second kappa shape index (κ2) is 5.77. The van der Waals surface area contributed by atoms with Gasteiger partial charge in [-0.25, -0.2) is 9.78 Å². The SMILES string of the molecule is CNC(=O)Nc1nc2ccc(Oc3cccc(C)c3)cc2[nH]1. The normalized spacial score (nSPS) is 10.5. The molecule has 0 aliphatic heterocycles. The fourth-order valence-electron chi connectivity index (χ4n) is 2.10. The first-order valence-corrected chi connectivity index (χ1v) is 6.87. The molecule has 0 radical (unpaired) electrons. The predicted molar refractivity (Wildman–Crippen MR) is 85.4 cm³/mol. The van der Waals surface area contributed by atoms with Gasteiger partial charge in [0.05, 0.1) is 11.0 Å². The molecule has 0 bridgehead atoms. The molecule has 22 heavy (non-hydrogen) atoms. The molecule has 3 rings (SSSR count). The van der Waals surface area contributed by atoms with Crippen molar-refractivity contribution in [1.82, 2.24) is 15.3 Å². The number of benzene rings is 2. The highest BCUT2D eigenvalue weighted by atomic mass is 16.5. The molecular formula is C16H16N4O2. The molecule has 0 saturated heterocycles. The highest BCUT2D eigenvalue weighted by Crippen LogP contribution is 2.25. The summed E-state index contributed by atoms with van der Waals surface area (Å²) < 4.78 is 5.83. The molecule has 0 unspecified atom stereocenters. The summed E-state index contributed by atoms with van der Waals surface area (Å²) in [6.07, 6.45) is 0. The number of imidazole rings is 1. The fraction of sp³-hybridized carbons (Fsp3) is 0.125. The third-order valence-electron chi connectivity index (χ3n) is 3.14. The zero-order chi connectivity index (χ0) is 15.5. The Balaban J connectivity index is 1.84. The molecule has 0 saturated carbocycles. The van der Waals surface area contributed by atoms with E-state index in [2.05, 4.69) is 20.6 Å². The Bertz CT molecular complexity index is 826. The lowest BCUT2D eigenvalue weighted by atomic mass is 10.2. The number of rotatable bonds is 3. The highest BCUT2D eigenvalue weighted by Gasteiger charge is 2.07. The van der Waals surface area contributed by atoms with E-state index in [-0.39, 0.29) is 6.03 Å². The van der Waals surface area contributed by atoms with Crippen molar-refractivity contribution in [3.05, 3.63) is 48.0 Å². The first-order valence-electron chi connectivity index (χ1n) is 6.87. The van der Waals surface area contributed by atoms with Crippen molar-refractivity contribution in [1.29, 1.82) is 0 Å². The van der Waals surface area contributed by atoms with E-state index in [4.69, 9.17) is 4.74 Å². The van der Waals surface area contributed by atoms with Crippen LogP contribution in [0.5, 0.6) is 11.5 Å². The van der Waals surface area contributed by atoms with E-state index in [9.17, 15) is 4.79 Å². The number of urea groups is 1. The van der Waals surface area contributed by atoms with Crippen LogP contribution in [0.15, 0.2) is 42.5 Å². The Morgan fingerprint density at radius 3 is 2.77 bits per heavy atom. The van der Waals surface area contributed by atoms with Gasteiger partial charge in [0.25, 0.3) is 0 Å². The number of nitrogens with one attached hydrogen (secondary N) is 3. The maximum absolute atomic E-state index is 11.3. The lowest BCUT2D eigenvalue weighted by molar-refractivity contribution is 0.254. The van der Waals surface area contributed by atoms with Crippen LogP contribution in [0, 0.1) is 6.92 Å². The third kappa shape index (κ3) is 3.01. The number of fused-ring (bicyclic) bond motifs is 1. The van der Waals surface area contributed by atoms with Crippen molar-refractivity contribution in [3.8, 4) is 11.5 Å². The van der Waals surface area contributed by atoms with Crippen molar-refractivity contribution in [2.24, 2.45) is 0 Å². The molecule has 0 aliphatic rings. The molecule has 0 aliphatic carbocycles. The summed E-state index contributed by atoms with van der Waals surface area (Å²) in [7, 11) is 1.55. The number of nitrogens with zero attached hydrogens (tertiary/aromatic N) is 1. The lowest BCUT2D eigenvalue weighted by Gasteiger charge is -2.06. The highest BCUT2D eigenvalue weighted by molar-refractivity contribution is 5.89. The fourth-order valence-corrected chi connectivity index (χ4v) is 2.10. The van der Waals surface area contributed by atoms with E-state index in [1.165, 1.54) is 0 Å². The van der Waals surface area contributed by atoms with E-state index in [0.29, 0.717) is 11.7 Å². The number of aromatic amines is 1. The zero-order valence-corrected chi connectivity index (χ0v) is 12.3. The van der Waals surface area contributed by atoms with E-state index in [1.807, 2.05) is 49.4 Å². The van der Waals surface area contributed by atoms with Gasteiger partial charge in [-0.3, -0.25) is 5.32 Å². The van der Waals surface area contributed by atoms with Crippen molar-refractivity contribution < 1.29 is 9.53 Å². The number of aromatic nitrogens is 2. The summed E-state index contributed by atoms with van der Waals surface area (Å²) in [5.74, 6) is 1.87. The van der Waals surface area contributed by atoms with Gasteiger partial charge >= 0.3 is 6.03 Å². The second-order valence-corrected chi connectivity index (χ2v) is 4.89. The average molecular weight is 296 g/mol. The number of hydrogen-bond donors (Lipinski definition) is 3. The van der Waals surface area contributed by atoms with E-state index < -0.39 is 0 Å². The van der Waals surface area contributed by atoms with Crippen LogP contribution in [0.3, 0.4) is 0 Å². The smallest absolute Gasteiger partial charge is 0.321 e. The van der Waals surface area contributed by atoms with Crippen molar-refractivity contribution >= 4 is 23.0 Å². The standard InChI is InChI=1S/C16H16N4O2/c1-10-4-3-5-11(8-10)22-12-6-7-13-14(9-12)19-15(18-13)20-16(21)17-2/h3-9H,1-2H3,(H3,17,18,19,20,21). The number of carbonyl (C=O) groups excluding carboxylic acids is 1. The van der Waals surface area contributed by atoms with E-state index in [1.54, 1.807) is 7.05 Å². The molecule has 0 fully saturated rings. The number of anilines is 1. The first kappa shape index (κ1) is 13.9. The maximum atomic E-state index is 11.3. The largest absolute Gasteiger partial charge is 0.457 e. The molecule has 0 atom stereocenters. The quantitative estimate of drug-likeness (QED) is 0.693. The van der Waals surface area contributed by atoms with Crippen LogP contribution in [0.1, 0.15) is 5.56 Å². The zero-order valence-electron chi connectivity index (χ0n) is 12.3. The van der Waals surface area contributed by atoms with Gasteiger partial charge in [-0.1, -0.05) is 12.1 Å². The van der Waals surface area contributed by atoms with E-state index in [0.717, 1.165) is 22.3 Å². The Hall–Kier alpha value is -3.02. The van der Waals surface area contributed by atoms with Gasteiger partial charge in [-0.2, -0.15) is 0 Å². The monoisotopic (exact) mass is 296 g/mol. The minimum Gasteiger partial charge on any atom is -0.457 e. The van der Waals surface area contributed by atoms with Gasteiger partial charge in [0.2, 0.25) is 5.95 Å². The number of H-pyrrole nitrogens is 1.